The van der Waals surface area contributed by atoms with Gasteiger partial charge in [0.1, 0.15) is 6.61 Å². The average molecular weight is 217 g/mol. The van der Waals surface area contributed by atoms with Gasteiger partial charge < -0.3 is 15.8 Å². The zero-order chi connectivity index (χ0) is 9.52. The van der Waals surface area contributed by atoms with Gasteiger partial charge in [0.25, 0.3) is 0 Å². The molecule has 5 heteroatoms. The van der Waals surface area contributed by atoms with Crippen LogP contribution in [0.1, 0.15) is 5.56 Å². The number of rotatable bonds is 3. The van der Waals surface area contributed by atoms with Gasteiger partial charge in [-0.15, -0.1) is 12.4 Å². The number of amides is 1. The predicted octanol–water partition coefficient (Wildman–Crippen LogP) is 1.25. The molecule has 1 amide bonds. The van der Waals surface area contributed by atoms with Crippen LogP contribution in [-0.4, -0.2) is 12.8 Å². The predicted molar refractivity (Wildman–Crippen MR) is 56.1 cm³/mol. The van der Waals surface area contributed by atoms with Crippen molar-refractivity contribution in [1.29, 1.82) is 0 Å². The third-order valence-corrected chi connectivity index (χ3v) is 1.46. The van der Waals surface area contributed by atoms with Crippen LogP contribution >= 0.6 is 12.4 Å². The number of nitrogens with one attached hydrogen (secondary N) is 1. The van der Waals surface area contributed by atoms with E-state index in [4.69, 9.17) is 10.5 Å². The second-order valence-corrected chi connectivity index (χ2v) is 2.44. The van der Waals surface area contributed by atoms with E-state index in [1.165, 1.54) is 0 Å². The largest absolute Gasteiger partial charge is 0.445 e. The molecule has 14 heavy (non-hydrogen) atoms. The lowest BCUT2D eigenvalue weighted by Gasteiger charge is -2.04. The molecule has 0 heterocycles. The molecular formula is C9H13ClN2O2. The molecule has 0 atom stereocenters. The molecule has 3 N–H and O–H groups in total. The zero-order valence-electron chi connectivity index (χ0n) is 7.60. The minimum atomic E-state index is -0.494. The van der Waals surface area contributed by atoms with Crippen molar-refractivity contribution in [2.45, 2.75) is 6.61 Å². The summed E-state index contributed by atoms with van der Waals surface area (Å²) in [5, 5.41) is 2.33. The normalized spacial score (nSPS) is 8.64. The van der Waals surface area contributed by atoms with E-state index in [1.54, 1.807) is 0 Å². The molecule has 0 aromatic heterocycles. The summed E-state index contributed by atoms with van der Waals surface area (Å²) in [5.74, 6) is 0. The number of hydrogen-bond donors (Lipinski definition) is 2. The molecule has 0 radical (unpaired) electrons. The standard InChI is InChI=1S/C9H12N2O2.ClH/c10-7-11-9(12)13-6-8-4-2-1-3-5-8;/h1-5H,6-7,10H2,(H,11,12);1H. The van der Waals surface area contributed by atoms with Crippen molar-refractivity contribution in [3.63, 3.8) is 0 Å². The highest BCUT2D eigenvalue weighted by Gasteiger charge is 1.98. The first-order valence-corrected chi connectivity index (χ1v) is 3.97. The fraction of sp³-hybridized carbons (Fsp3) is 0.222. The average Bonchev–Trinajstić information content (AvgIpc) is 2.17. The molecule has 0 aliphatic heterocycles. The van der Waals surface area contributed by atoms with Crippen molar-refractivity contribution in [2.24, 2.45) is 5.73 Å². The maximum atomic E-state index is 10.8. The molecule has 0 aliphatic rings. The van der Waals surface area contributed by atoms with E-state index < -0.39 is 6.09 Å². The van der Waals surface area contributed by atoms with Crippen LogP contribution in [0.15, 0.2) is 30.3 Å². The van der Waals surface area contributed by atoms with Crippen LogP contribution in [-0.2, 0) is 11.3 Å². The van der Waals surface area contributed by atoms with Crippen LogP contribution in [0.4, 0.5) is 4.79 Å². The number of benzene rings is 1. The van der Waals surface area contributed by atoms with Gasteiger partial charge in [-0.25, -0.2) is 4.79 Å². The number of carbonyl (C=O) groups excluding carboxylic acids is 1. The van der Waals surface area contributed by atoms with Crippen molar-refractivity contribution in [2.75, 3.05) is 6.67 Å². The van der Waals surface area contributed by atoms with Crippen molar-refractivity contribution >= 4 is 18.5 Å². The number of alkyl carbamates (subject to hydrolysis) is 1. The summed E-state index contributed by atoms with van der Waals surface area (Å²) in [4.78, 5) is 10.8. The van der Waals surface area contributed by atoms with E-state index in [0.29, 0.717) is 0 Å². The summed E-state index contributed by atoms with van der Waals surface area (Å²) in [5.41, 5.74) is 6.04. The summed E-state index contributed by atoms with van der Waals surface area (Å²) in [6.45, 7) is 0.361. The van der Waals surface area contributed by atoms with Crippen LogP contribution in [0, 0.1) is 0 Å². The van der Waals surface area contributed by atoms with Gasteiger partial charge in [0.2, 0.25) is 0 Å². The molecule has 0 saturated heterocycles. The summed E-state index contributed by atoms with van der Waals surface area (Å²) in [6, 6.07) is 9.45. The Kier molecular flexibility index (Phi) is 6.53. The molecule has 0 fully saturated rings. The first kappa shape index (κ1) is 12.7. The van der Waals surface area contributed by atoms with Crippen LogP contribution in [0.5, 0.6) is 0 Å². The maximum absolute atomic E-state index is 10.8. The third kappa shape index (κ3) is 4.69. The number of nitrogens with two attached hydrogens (primary N) is 1. The molecule has 0 bridgehead atoms. The first-order valence-electron chi connectivity index (χ1n) is 3.97. The van der Waals surface area contributed by atoms with Crippen LogP contribution in [0.2, 0.25) is 0 Å². The monoisotopic (exact) mass is 216 g/mol. The smallest absolute Gasteiger partial charge is 0.408 e. The quantitative estimate of drug-likeness (QED) is 0.748. The van der Waals surface area contributed by atoms with Gasteiger partial charge in [-0.05, 0) is 5.56 Å². The fourth-order valence-electron chi connectivity index (χ4n) is 0.857. The number of halogens is 1. The molecule has 1 rings (SSSR count). The second kappa shape index (κ2) is 7.17. The van der Waals surface area contributed by atoms with Crippen molar-refractivity contribution in [3.05, 3.63) is 35.9 Å². The molecule has 0 unspecified atom stereocenters. The van der Waals surface area contributed by atoms with Gasteiger partial charge in [0.15, 0.2) is 0 Å². The van der Waals surface area contributed by atoms with Crippen molar-refractivity contribution in [3.8, 4) is 0 Å². The van der Waals surface area contributed by atoms with Gasteiger partial charge >= 0.3 is 6.09 Å². The molecule has 0 spiro atoms. The Labute approximate surface area is 88.8 Å². The van der Waals surface area contributed by atoms with E-state index in [0.717, 1.165) is 5.56 Å². The summed E-state index contributed by atoms with van der Waals surface area (Å²) >= 11 is 0. The highest BCUT2D eigenvalue weighted by Crippen LogP contribution is 1.99. The molecule has 1 aromatic rings. The fourth-order valence-corrected chi connectivity index (χ4v) is 0.857. The molecule has 1 aromatic carbocycles. The van der Waals surface area contributed by atoms with Gasteiger partial charge in [-0.1, -0.05) is 30.3 Å². The Morgan fingerprint density at radius 1 is 1.36 bits per heavy atom. The second-order valence-electron chi connectivity index (χ2n) is 2.44. The van der Waals surface area contributed by atoms with Gasteiger partial charge in [0.05, 0.1) is 6.67 Å². The Hall–Kier alpha value is -1.26. The molecule has 78 valence electrons. The van der Waals surface area contributed by atoms with Crippen molar-refractivity contribution < 1.29 is 9.53 Å². The first-order chi connectivity index (χ1) is 6.33. The lowest BCUT2D eigenvalue weighted by atomic mass is 10.2. The minimum absolute atomic E-state index is 0. The third-order valence-electron chi connectivity index (χ3n) is 1.46. The Bertz CT molecular complexity index is 267. The lowest BCUT2D eigenvalue weighted by Crippen LogP contribution is -2.29. The van der Waals surface area contributed by atoms with Crippen LogP contribution < -0.4 is 11.1 Å². The van der Waals surface area contributed by atoms with Crippen LogP contribution in [0.3, 0.4) is 0 Å². The van der Waals surface area contributed by atoms with Crippen LogP contribution in [0.25, 0.3) is 0 Å². The number of hydrogen-bond acceptors (Lipinski definition) is 3. The van der Waals surface area contributed by atoms with E-state index >= 15 is 0 Å². The minimum Gasteiger partial charge on any atom is -0.445 e. The summed E-state index contributed by atoms with van der Waals surface area (Å²) in [7, 11) is 0. The summed E-state index contributed by atoms with van der Waals surface area (Å²) in [6.07, 6.45) is -0.494. The van der Waals surface area contributed by atoms with E-state index in [1.807, 2.05) is 30.3 Å². The number of ether oxygens (including phenoxy) is 1. The van der Waals surface area contributed by atoms with E-state index in [2.05, 4.69) is 5.32 Å². The van der Waals surface area contributed by atoms with Gasteiger partial charge in [-0.2, -0.15) is 0 Å². The van der Waals surface area contributed by atoms with Crippen molar-refractivity contribution in [1.82, 2.24) is 5.32 Å². The van der Waals surface area contributed by atoms with E-state index in [9.17, 15) is 4.79 Å². The Morgan fingerprint density at radius 3 is 2.57 bits per heavy atom. The highest BCUT2D eigenvalue weighted by molar-refractivity contribution is 5.85. The summed E-state index contributed by atoms with van der Waals surface area (Å²) < 4.78 is 4.84. The molecule has 0 saturated carbocycles. The zero-order valence-corrected chi connectivity index (χ0v) is 8.42. The topological polar surface area (TPSA) is 64.3 Å². The maximum Gasteiger partial charge on any atom is 0.408 e. The van der Waals surface area contributed by atoms with Gasteiger partial charge in [-0.3, -0.25) is 0 Å². The highest BCUT2D eigenvalue weighted by atomic mass is 35.5. The molecule has 0 aliphatic carbocycles. The van der Waals surface area contributed by atoms with E-state index in [-0.39, 0.29) is 25.7 Å². The van der Waals surface area contributed by atoms with Gasteiger partial charge in [0, 0.05) is 0 Å². The lowest BCUT2D eigenvalue weighted by molar-refractivity contribution is 0.140. The Balaban J connectivity index is 0.00000169. The SMILES string of the molecule is Cl.NCNC(=O)OCc1ccccc1. The molecular weight excluding hydrogens is 204 g/mol. The Morgan fingerprint density at radius 2 is 2.00 bits per heavy atom. The number of carbonyl (C=O) groups is 1. The molecule has 4 nitrogen and oxygen atoms in total.